The fraction of sp³-hybridized carbons (Fsp3) is 0.250. The van der Waals surface area contributed by atoms with Gasteiger partial charge in [0.1, 0.15) is 5.76 Å². The second kappa shape index (κ2) is 3.02. The van der Waals surface area contributed by atoms with Gasteiger partial charge in [0.05, 0.1) is 11.8 Å². The van der Waals surface area contributed by atoms with E-state index < -0.39 is 0 Å². The maximum absolute atomic E-state index is 8.26. The van der Waals surface area contributed by atoms with E-state index >= 15 is 0 Å². The van der Waals surface area contributed by atoms with Crippen LogP contribution in [0, 0.1) is 25.2 Å². The van der Waals surface area contributed by atoms with E-state index in [1.807, 2.05) is 19.9 Å². The summed E-state index contributed by atoms with van der Waals surface area (Å²) in [7, 11) is 0. The summed E-state index contributed by atoms with van der Waals surface area (Å²) in [5, 5.41) is 12.0. The summed E-state index contributed by atoms with van der Waals surface area (Å²) in [5.41, 5.74) is 1.71. The molecule has 0 N–H and O–H groups in total. The monoisotopic (exact) mass is 148 g/mol. The van der Waals surface area contributed by atoms with Crippen LogP contribution in [0.1, 0.15) is 17.0 Å². The van der Waals surface area contributed by atoms with Crippen LogP contribution < -0.4 is 0 Å². The van der Waals surface area contributed by atoms with Crippen molar-refractivity contribution in [3.8, 4) is 6.07 Å². The van der Waals surface area contributed by atoms with Gasteiger partial charge in [-0.2, -0.15) is 5.26 Å². The van der Waals surface area contributed by atoms with Crippen LogP contribution in [0.25, 0.3) is 6.08 Å². The third-order valence-corrected chi connectivity index (χ3v) is 1.41. The Morgan fingerprint density at radius 1 is 1.55 bits per heavy atom. The highest BCUT2D eigenvalue weighted by Gasteiger charge is 2.03. The average molecular weight is 148 g/mol. The Kier molecular flexibility index (Phi) is 2.07. The molecule has 1 heterocycles. The van der Waals surface area contributed by atoms with Crippen molar-refractivity contribution >= 4 is 6.08 Å². The van der Waals surface area contributed by atoms with Gasteiger partial charge in [0.2, 0.25) is 0 Å². The van der Waals surface area contributed by atoms with Gasteiger partial charge in [-0.05, 0) is 19.9 Å². The molecule has 0 atom stereocenters. The maximum atomic E-state index is 8.26. The molecular weight excluding hydrogens is 140 g/mol. The topological polar surface area (TPSA) is 49.8 Å². The van der Waals surface area contributed by atoms with Crippen LogP contribution in [-0.2, 0) is 0 Å². The molecule has 1 aromatic heterocycles. The van der Waals surface area contributed by atoms with Gasteiger partial charge in [0.25, 0.3) is 0 Å². The van der Waals surface area contributed by atoms with Crippen molar-refractivity contribution in [1.82, 2.24) is 5.16 Å². The molecule has 0 bridgehead atoms. The van der Waals surface area contributed by atoms with Gasteiger partial charge in [-0.25, -0.2) is 0 Å². The van der Waals surface area contributed by atoms with E-state index in [-0.39, 0.29) is 0 Å². The Balaban J connectivity index is 3.03. The smallest absolute Gasteiger partial charge is 0.141 e. The zero-order chi connectivity index (χ0) is 8.27. The Labute approximate surface area is 64.9 Å². The third-order valence-electron chi connectivity index (χ3n) is 1.41. The molecule has 0 aromatic carbocycles. The first-order chi connectivity index (χ1) is 5.25. The number of allylic oxidation sites excluding steroid dienone is 1. The molecule has 0 aliphatic carbocycles. The number of nitrogens with zero attached hydrogens (tertiary/aromatic N) is 2. The van der Waals surface area contributed by atoms with Crippen molar-refractivity contribution in [2.24, 2.45) is 0 Å². The first-order valence-electron chi connectivity index (χ1n) is 3.24. The second-order valence-electron chi connectivity index (χ2n) is 2.20. The maximum Gasteiger partial charge on any atom is 0.141 e. The molecule has 56 valence electrons. The summed E-state index contributed by atoms with van der Waals surface area (Å²) in [6.45, 7) is 3.66. The van der Waals surface area contributed by atoms with Crippen LogP contribution in [0.15, 0.2) is 10.6 Å². The Hall–Kier alpha value is -1.56. The predicted molar refractivity (Wildman–Crippen MR) is 40.6 cm³/mol. The second-order valence-corrected chi connectivity index (χ2v) is 2.20. The highest BCUT2D eigenvalue weighted by molar-refractivity contribution is 5.55. The van der Waals surface area contributed by atoms with Crippen molar-refractivity contribution < 1.29 is 4.52 Å². The zero-order valence-corrected chi connectivity index (χ0v) is 6.46. The predicted octanol–water partition coefficient (Wildman–Crippen LogP) is 1.83. The van der Waals surface area contributed by atoms with Crippen LogP contribution in [0.3, 0.4) is 0 Å². The summed E-state index contributed by atoms with van der Waals surface area (Å²) in [5.74, 6) is 0.744. The molecule has 0 saturated carbocycles. The quantitative estimate of drug-likeness (QED) is 0.571. The number of nitriles is 1. The molecule has 0 amide bonds. The number of aromatic nitrogens is 1. The van der Waals surface area contributed by atoms with Crippen LogP contribution in [0.2, 0.25) is 0 Å². The lowest BCUT2D eigenvalue weighted by atomic mass is 10.2. The molecule has 1 aromatic rings. The first kappa shape index (κ1) is 7.55. The van der Waals surface area contributed by atoms with E-state index in [1.54, 1.807) is 6.08 Å². The molecule has 3 heteroatoms. The molecule has 0 fully saturated rings. The molecule has 0 spiro atoms. The SMILES string of the molecule is Cc1noc(C)c1C=CC#N. The molecular formula is C8H8N2O. The summed E-state index contributed by atoms with van der Waals surface area (Å²) in [4.78, 5) is 0. The van der Waals surface area contributed by atoms with E-state index in [2.05, 4.69) is 5.16 Å². The Morgan fingerprint density at radius 3 is 2.73 bits per heavy atom. The molecule has 0 aliphatic heterocycles. The summed E-state index contributed by atoms with van der Waals surface area (Å²) in [6.07, 6.45) is 3.10. The van der Waals surface area contributed by atoms with Gasteiger partial charge < -0.3 is 4.52 Å². The number of hydrogen-bond acceptors (Lipinski definition) is 3. The summed E-state index contributed by atoms with van der Waals surface area (Å²) in [6, 6.07) is 1.91. The lowest BCUT2D eigenvalue weighted by molar-refractivity contribution is 0.393. The molecule has 0 radical (unpaired) electrons. The van der Waals surface area contributed by atoms with E-state index in [0.717, 1.165) is 17.0 Å². The van der Waals surface area contributed by atoms with E-state index in [9.17, 15) is 0 Å². The van der Waals surface area contributed by atoms with Gasteiger partial charge >= 0.3 is 0 Å². The van der Waals surface area contributed by atoms with Crippen molar-refractivity contribution in [2.75, 3.05) is 0 Å². The van der Waals surface area contributed by atoms with Crippen molar-refractivity contribution in [1.29, 1.82) is 5.26 Å². The Bertz CT molecular complexity index is 298. The van der Waals surface area contributed by atoms with Gasteiger partial charge in [0.15, 0.2) is 0 Å². The molecule has 0 saturated heterocycles. The fourth-order valence-electron chi connectivity index (χ4n) is 0.849. The highest BCUT2D eigenvalue weighted by Crippen LogP contribution is 2.13. The molecule has 0 aliphatic rings. The molecule has 0 unspecified atom stereocenters. The standard InChI is InChI=1S/C8H8N2O/c1-6-8(4-3-5-9)7(2)11-10-6/h3-4H,1-2H3. The minimum absolute atomic E-state index is 0.744. The average Bonchev–Trinajstić information content (AvgIpc) is 2.29. The fourth-order valence-corrected chi connectivity index (χ4v) is 0.849. The van der Waals surface area contributed by atoms with Gasteiger partial charge in [-0.3, -0.25) is 0 Å². The minimum atomic E-state index is 0.744. The number of hydrogen-bond donors (Lipinski definition) is 0. The lowest BCUT2D eigenvalue weighted by Crippen LogP contribution is -1.75. The largest absolute Gasteiger partial charge is 0.361 e. The Morgan fingerprint density at radius 2 is 2.27 bits per heavy atom. The number of rotatable bonds is 1. The van der Waals surface area contributed by atoms with Crippen LogP contribution >= 0.6 is 0 Å². The minimum Gasteiger partial charge on any atom is -0.361 e. The van der Waals surface area contributed by atoms with Crippen molar-refractivity contribution in [2.45, 2.75) is 13.8 Å². The number of aryl methyl sites for hydroxylation is 2. The molecule has 1 rings (SSSR count). The van der Waals surface area contributed by atoms with Crippen molar-refractivity contribution in [3.05, 3.63) is 23.1 Å². The van der Waals surface area contributed by atoms with Gasteiger partial charge in [-0.15, -0.1) is 0 Å². The molecule has 11 heavy (non-hydrogen) atoms. The highest BCUT2D eigenvalue weighted by atomic mass is 16.5. The van der Waals surface area contributed by atoms with Crippen LogP contribution in [0.5, 0.6) is 0 Å². The summed E-state index contributed by atoms with van der Waals surface area (Å²) < 4.78 is 4.88. The lowest BCUT2D eigenvalue weighted by Gasteiger charge is -1.84. The van der Waals surface area contributed by atoms with Crippen LogP contribution in [0.4, 0.5) is 0 Å². The van der Waals surface area contributed by atoms with E-state index in [0.29, 0.717) is 0 Å². The zero-order valence-electron chi connectivity index (χ0n) is 6.46. The van der Waals surface area contributed by atoms with Crippen molar-refractivity contribution in [3.63, 3.8) is 0 Å². The third kappa shape index (κ3) is 1.47. The van der Waals surface area contributed by atoms with Crippen LogP contribution in [-0.4, -0.2) is 5.16 Å². The van der Waals surface area contributed by atoms with Gasteiger partial charge in [0, 0.05) is 11.6 Å². The summed E-state index contributed by atoms with van der Waals surface area (Å²) >= 11 is 0. The molecule has 3 nitrogen and oxygen atoms in total. The van der Waals surface area contributed by atoms with E-state index in [1.165, 1.54) is 6.08 Å². The van der Waals surface area contributed by atoms with Gasteiger partial charge in [-0.1, -0.05) is 5.16 Å². The normalized spacial score (nSPS) is 10.3. The van der Waals surface area contributed by atoms with E-state index in [4.69, 9.17) is 9.78 Å². The first-order valence-corrected chi connectivity index (χ1v) is 3.24.